The summed E-state index contributed by atoms with van der Waals surface area (Å²) in [7, 11) is 0. The van der Waals surface area contributed by atoms with Crippen molar-refractivity contribution in [2.24, 2.45) is 0 Å². The molecule has 0 saturated carbocycles. The van der Waals surface area contributed by atoms with Gasteiger partial charge in [-0.3, -0.25) is 0 Å². The zero-order valence-corrected chi connectivity index (χ0v) is 20.8. The Hall–Kier alpha value is -1.76. The van der Waals surface area contributed by atoms with E-state index >= 15 is 0 Å². The van der Waals surface area contributed by atoms with Crippen LogP contribution in [0.1, 0.15) is 105 Å². The summed E-state index contributed by atoms with van der Waals surface area (Å²) in [6.07, 6.45) is 0. The number of aromatic amines is 1. The normalized spacial score (nSPS) is 14.2. The van der Waals surface area contributed by atoms with Crippen molar-refractivity contribution < 1.29 is 0 Å². The summed E-state index contributed by atoms with van der Waals surface area (Å²) in [5, 5.41) is 2.70. The minimum Gasteiger partial charge on any atom is -0.354 e. The molecule has 0 aliphatic rings. The minimum atomic E-state index is 0.110. The molecular formula is C28H41N. The van der Waals surface area contributed by atoms with Crippen molar-refractivity contribution in [3.63, 3.8) is 0 Å². The molecule has 0 radical (unpaired) electrons. The standard InChI is InChI=1S/C28H41N/c1-25(2,3)19-13-17-18-14-20(26(4,5)6)22(28(10,11)12)16-24(18)29-23(17)15-21(19)27(7,8)9/h13-16,29H,1-12H3. The van der Waals surface area contributed by atoms with Gasteiger partial charge in [0.25, 0.3) is 0 Å². The van der Waals surface area contributed by atoms with Gasteiger partial charge in [-0.1, -0.05) is 83.1 Å². The maximum absolute atomic E-state index is 3.76. The third-order valence-electron chi connectivity index (χ3n) is 6.11. The Balaban J connectivity index is 2.47. The van der Waals surface area contributed by atoms with Crippen LogP contribution in [0.25, 0.3) is 21.8 Å². The fourth-order valence-electron chi connectivity index (χ4n) is 4.48. The molecule has 3 aromatic rings. The van der Waals surface area contributed by atoms with E-state index in [1.54, 1.807) is 0 Å². The first-order valence-corrected chi connectivity index (χ1v) is 11.1. The summed E-state index contributed by atoms with van der Waals surface area (Å²) in [5.74, 6) is 0. The van der Waals surface area contributed by atoms with E-state index in [-0.39, 0.29) is 21.7 Å². The summed E-state index contributed by atoms with van der Waals surface area (Å²) < 4.78 is 0. The first-order valence-electron chi connectivity index (χ1n) is 11.1. The predicted octanol–water partition coefficient (Wildman–Crippen LogP) is 8.51. The van der Waals surface area contributed by atoms with Crippen LogP contribution in [0.15, 0.2) is 24.3 Å². The maximum atomic E-state index is 3.76. The second kappa shape index (κ2) is 6.37. The Labute approximate surface area is 178 Å². The fraction of sp³-hybridized carbons (Fsp3) is 0.571. The van der Waals surface area contributed by atoms with E-state index < -0.39 is 0 Å². The molecular weight excluding hydrogens is 350 g/mol. The van der Waals surface area contributed by atoms with Crippen LogP contribution in [-0.4, -0.2) is 4.98 Å². The van der Waals surface area contributed by atoms with Gasteiger partial charge in [0.1, 0.15) is 0 Å². The second-order valence-electron chi connectivity index (χ2n) is 13.0. The summed E-state index contributed by atoms with van der Waals surface area (Å²) in [6.45, 7) is 27.9. The van der Waals surface area contributed by atoms with Crippen molar-refractivity contribution >= 4 is 21.8 Å². The Bertz CT molecular complexity index is 978. The van der Waals surface area contributed by atoms with Gasteiger partial charge in [-0.25, -0.2) is 0 Å². The molecule has 158 valence electrons. The number of hydrogen-bond donors (Lipinski definition) is 1. The molecule has 0 spiro atoms. The number of H-pyrrole nitrogens is 1. The van der Waals surface area contributed by atoms with Crippen molar-refractivity contribution in [2.45, 2.75) is 105 Å². The van der Waals surface area contributed by atoms with Gasteiger partial charge in [0.15, 0.2) is 0 Å². The van der Waals surface area contributed by atoms with E-state index in [9.17, 15) is 0 Å². The third kappa shape index (κ3) is 3.98. The molecule has 0 aliphatic carbocycles. The molecule has 0 unspecified atom stereocenters. The molecule has 0 atom stereocenters. The first kappa shape index (κ1) is 21.9. The van der Waals surface area contributed by atoms with Crippen molar-refractivity contribution in [2.75, 3.05) is 0 Å². The van der Waals surface area contributed by atoms with Crippen LogP contribution in [0.3, 0.4) is 0 Å². The van der Waals surface area contributed by atoms with Gasteiger partial charge in [0.05, 0.1) is 0 Å². The quantitative estimate of drug-likeness (QED) is 0.395. The van der Waals surface area contributed by atoms with E-state index in [0.717, 1.165) is 0 Å². The highest BCUT2D eigenvalue weighted by Gasteiger charge is 2.29. The van der Waals surface area contributed by atoms with Gasteiger partial charge in [-0.2, -0.15) is 0 Å². The fourth-order valence-corrected chi connectivity index (χ4v) is 4.48. The van der Waals surface area contributed by atoms with Gasteiger partial charge in [0.2, 0.25) is 0 Å². The van der Waals surface area contributed by atoms with Crippen molar-refractivity contribution in [3.05, 3.63) is 46.5 Å². The maximum Gasteiger partial charge on any atom is 0.0468 e. The van der Waals surface area contributed by atoms with E-state index in [0.29, 0.717) is 0 Å². The van der Waals surface area contributed by atoms with Gasteiger partial charge in [-0.15, -0.1) is 0 Å². The van der Waals surface area contributed by atoms with Crippen molar-refractivity contribution in [1.29, 1.82) is 0 Å². The number of rotatable bonds is 0. The summed E-state index contributed by atoms with van der Waals surface area (Å²) in [4.78, 5) is 3.76. The van der Waals surface area contributed by atoms with Crippen molar-refractivity contribution in [1.82, 2.24) is 4.98 Å². The molecule has 2 aromatic carbocycles. The molecule has 1 heteroatoms. The third-order valence-corrected chi connectivity index (χ3v) is 6.11. The first-order chi connectivity index (χ1) is 12.9. The summed E-state index contributed by atoms with van der Waals surface area (Å²) >= 11 is 0. The Morgan fingerprint density at radius 2 is 0.655 bits per heavy atom. The van der Waals surface area contributed by atoms with E-state index in [1.807, 2.05) is 0 Å². The zero-order chi connectivity index (χ0) is 22.2. The SMILES string of the molecule is CC(C)(C)c1cc2[nH]c3cc(C(C)(C)C)c(C(C)(C)C)cc3c2cc1C(C)(C)C. The van der Waals surface area contributed by atoms with Crippen LogP contribution < -0.4 is 0 Å². The average molecular weight is 392 g/mol. The van der Waals surface area contributed by atoms with E-state index in [4.69, 9.17) is 0 Å². The lowest BCUT2D eigenvalue weighted by Crippen LogP contribution is -2.22. The largest absolute Gasteiger partial charge is 0.354 e. The van der Waals surface area contributed by atoms with E-state index in [2.05, 4.69) is 112 Å². The molecule has 0 amide bonds. The number of benzene rings is 2. The molecule has 1 heterocycles. The minimum absolute atomic E-state index is 0.110. The lowest BCUT2D eigenvalue weighted by atomic mass is 9.74. The lowest BCUT2D eigenvalue weighted by Gasteiger charge is -2.31. The number of fused-ring (bicyclic) bond motifs is 3. The van der Waals surface area contributed by atoms with Crippen LogP contribution >= 0.6 is 0 Å². The molecule has 1 aromatic heterocycles. The zero-order valence-electron chi connectivity index (χ0n) is 20.8. The van der Waals surface area contributed by atoms with Gasteiger partial charge >= 0.3 is 0 Å². The van der Waals surface area contributed by atoms with Gasteiger partial charge in [-0.05, 0) is 68.2 Å². The molecule has 0 fully saturated rings. The summed E-state index contributed by atoms with van der Waals surface area (Å²) in [5.41, 5.74) is 8.74. The number of hydrogen-bond acceptors (Lipinski definition) is 0. The Morgan fingerprint density at radius 3 is 0.897 bits per heavy atom. The summed E-state index contributed by atoms with van der Waals surface area (Å²) in [6, 6.07) is 9.72. The molecule has 1 nitrogen and oxygen atoms in total. The highest BCUT2D eigenvalue weighted by Crippen LogP contribution is 2.42. The second-order valence-corrected chi connectivity index (χ2v) is 13.0. The lowest BCUT2D eigenvalue weighted by molar-refractivity contribution is 0.531. The highest BCUT2D eigenvalue weighted by atomic mass is 14.7. The van der Waals surface area contributed by atoms with Crippen LogP contribution in [0.2, 0.25) is 0 Å². The predicted molar refractivity (Wildman–Crippen MR) is 131 cm³/mol. The molecule has 29 heavy (non-hydrogen) atoms. The topological polar surface area (TPSA) is 15.8 Å². The van der Waals surface area contributed by atoms with Gasteiger partial charge < -0.3 is 4.98 Å². The van der Waals surface area contributed by atoms with Gasteiger partial charge in [0, 0.05) is 21.8 Å². The molecule has 3 rings (SSSR count). The number of aromatic nitrogens is 1. The van der Waals surface area contributed by atoms with Crippen LogP contribution in [0.4, 0.5) is 0 Å². The van der Waals surface area contributed by atoms with Crippen molar-refractivity contribution in [3.8, 4) is 0 Å². The van der Waals surface area contributed by atoms with Crippen LogP contribution in [0, 0.1) is 0 Å². The van der Waals surface area contributed by atoms with Crippen LogP contribution in [-0.2, 0) is 21.7 Å². The number of nitrogens with one attached hydrogen (secondary N) is 1. The monoisotopic (exact) mass is 391 g/mol. The molecule has 0 bridgehead atoms. The smallest absolute Gasteiger partial charge is 0.0468 e. The molecule has 0 aliphatic heterocycles. The average Bonchev–Trinajstić information content (AvgIpc) is 2.86. The molecule has 0 saturated heterocycles. The van der Waals surface area contributed by atoms with Crippen LogP contribution in [0.5, 0.6) is 0 Å². The molecule has 1 N–H and O–H groups in total. The Kier molecular flexibility index (Phi) is 4.82. The highest BCUT2D eigenvalue weighted by molar-refractivity contribution is 6.08. The Morgan fingerprint density at radius 1 is 0.414 bits per heavy atom. The van der Waals surface area contributed by atoms with E-state index in [1.165, 1.54) is 44.1 Å².